The van der Waals surface area contributed by atoms with Crippen LogP contribution in [0.4, 0.5) is 4.79 Å². The van der Waals surface area contributed by atoms with Gasteiger partial charge in [0.2, 0.25) is 11.8 Å². The number of H-pyrrole nitrogens is 1. The Hall–Kier alpha value is -3.90. The first-order chi connectivity index (χ1) is 23.6. The molecule has 5 N–H and O–H groups in total. The third-order valence-corrected chi connectivity index (χ3v) is 9.57. The second-order valence-electron chi connectivity index (χ2n) is 13.8. The summed E-state index contributed by atoms with van der Waals surface area (Å²) in [5.41, 5.74) is 0.743. The predicted octanol–water partition coefficient (Wildman–Crippen LogP) is 5.36. The van der Waals surface area contributed by atoms with Crippen LogP contribution < -0.4 is 16.0 Å². The summed E-state index contributed by atoms with van der Waals surface area (Å²) in [5.74, 6) is 0.279. The minimum atomic E-state index is -1.01. The third-order valence-electron chi connectivity index (χ3n) is 8.54. The maximum atomic E-state index is 14.1. The van der Waals surface area contributed by atoms with Crippen molar-refractivity contribution in [2.24, 2.45) is 5.92 Å². The number of aromatic nitrogens is 3. The lowest BCUT2D eigenvalue weighted by Crippen LogP contribution is -2.57. The van der Waals surface area contributed by atoms with Gasteiger partial charge in [0, 0.05) is 30.9 Å². The van der Waals surface area contributed by atoms with Gasteiger partial charge in [0.15, 0.2) is 0 Å². The molecule has 11 nitrogen and oxygen atoms in total. The fraction of sp³-hybridized carbons (Fsp3) is 0.541. The van der Waals surface area contributed by atoms with Crippen LogP contribution in [-0.4, -0.2) is 73.5 Å². The first-order valence-electron chi connectivity index (χ1n) is 17.4. The number of aliphatic hydroxyl groups excluding tert-OH is 1. The van der Waals surface area contributed by atoms with Gasteiger partial charge >= 0.3 is 6.09 Å². The van der Waals surface area contributed by atoms with E-state index in [1.165, 1.54) is 12.7 Å². The second-order valence-corrected chi connectivity index (χ2v) is 14.9. The maximum Gasteiger partial charge on any atom is 0.408 e. The summed E-state index contributed by atoms with van der Waals surface area (Å²) in [6.45, 7) is 5.25. The van der Waals surface area contributed by atoms with Crippen LogP contribution in [0.1, 0.15) is 83.4 Å². The van der Waals surface area contributed by atoms with Gasteiger partial charge in [0.05, 0.1) is 23.5 Å². The van der Waals surface area contributed by atoms with Crippen molar-refractivity contribution in [1.29, 1.82) is 0 Å². The molecule has 2 heterocycles. The van der Waals surface area contributed by atoms with E-state index in [0.717, 1.165) is 48.4 Å². The van der Waals surface area contributed by atoms with Crippen molar-refractivity contribution < 1.29 is 24.2 Å². The van der Waals surface area contributed by atoms with Gasteiger partial charge in [-0.3, -0.25) is 9.59 Å². The number of hydrogen-bond donors (Lipinski definition) is 5. The molecule has 1 aromatic carbocycles. The zero-order chi connectivity index (χ0) is 35.1. The first kappa shape index (κ1) is 37.9. The largest absolute Gasteiger partial charge is 0.444 e. The van der Waals surface area contributed by atoms with E-state index < -0.39 is 47.7 Å². The summed E-state index contributed by atoms with van der Waals surface area (Å²) in [5, 5.41) is 21.1. The van der Waals surface area contributed by atoms with E-state index in [2.05, 4.69) is 30.9 Å². The standard InChI is InChI=1S/C37H52N6O5S/c1-37(2,3)48-36(47)43-30(22-27-15-8-5-9-16-27)34(45)42-31(23-28-24-38-25-40-28)35(46)41-29(21-26-13-6-4-7-14-26)32(44)17-12-20-49-33-18-10-11-19-39-33/h5,8-11,15-16,18-19,24-26,29-32,44H,4,6-7,12-14,17,20-23H2,1-3H3,(H,38,40)(H,41,46)(H,42,45)(H,43,47)/t29?,30-,31-,32?/m0/s1. The number of pyridine rings is 1. The minimum absolute atomic E-state index is 0.148. The number of aromatic amines is 1. The van der Waals surface area contributed by atoms with Crippen LogP contribution in [0.3, 0.4) is 0 Å². The average molecular weight is 693 g/mol. The Morgan fingerprint density at radius 1 is 0.959 bits per heavy atom. The molecule has 12 heteroatoms. The summed E-state index contributed by atoms with van der Waals surface area (Å²) in [6.07, 6.45) is 11.4. The van der Waals surface area contributed by atoms with Crippen molar-refractivity contribution in [2.75, 3.05) is 5.75 Å². The normalized spacial score (nSPS) is 16.2. The number of carbonyl (C=O) groups is 3. The molecule has 1 aliphatic rings. The lowest BCUT2D eigenvalue weighted by Gasteiger charge is -2.32. The van der Waals surface area contributed by atoms with Crippen molar-refractivity contribution in [2.45, 2.75) is 120 Å². The number of alkyl carbamates (subject to hydrolysis) is 1. The van der Waals surface area contributed by atoms with E-state index in [0.29, 0.717) is 24.5 Å². The summed E-state index contributed by atoms with van der Waals surface area (Å²) in [6, 6.07) is 12.7. The molecular weight excluding hydrogens is 641 g/mol. The molecule has 266 valence electrons. The van der Waals surface area contributed by atoms with Crippen LogP contribution >= 0.6 is 11.8 Å². The number of nitrogens with zero attached hydrogens (tertiary/aromatic N) is 2. The maximum absolute atomic E-state index is 14.1. The summed E-state index contributed by atoms with van der Waals surface area (Å²) in [7, 11) is 0. The molecule has 4 atom stereocenters. The highest BCUT2D eigenvalue weighted by Crippen LogP contribution is 2.29. The molecule has 1 aliphatic carbocycles. The zero-order valence-corrected chi connectivity index (χ0v) is 29.7. The number of imidazole rings is 1. The van der Waals surface area contributed by atoms with Crippen molar-refractivity contribution in [3.05, 3.63) is 78.5 Å². The number of aliphatic hydroxyl groups is 1. The van der Waals surface area contributed by atoms with Crippen LogP contribution in [0.25, 0.3) is 0 Å². The quantitative estimate of drug-likeness (QED) is 0.0935. The fourth-order valence-electron chi connectivity index (χ4n) is 6.09. The first-order valence-corrected chi connectivity index (χ1v) is 18.4. The number of benzene rings is 1. The highest BCUT2D eigenvalue weighted by atomic mass is 32.2. The molecule has 2 aromatic heterocycles. The van der Waals surface area contributed by atoms with E-state index in [1.54, 1.807) is 44.9 Å². The van der Waals surface area contributed by atoms with Crippen LogP contribution in [0.2, 0.25) is 0 Å². The van der Waals surface area contributed by atoms with Crippen LogP contribution in [0, 0.1) is 5.92 Å². The molecule has 0 spiro atoms. The monoisotopic (exact) mass is 692 g/mol. The summed E-state index contributed by atoms with van der Waals surface area (Å²) >= 11 is 1.64. The molecule has 0 saturated heterocycles. The molecule has 3 aromatic rings. The Morgan fingerprint density at radius 3 is 2.35 bits per heavy atom. The Kier molecular flexibility index (Phi) is 15.0. The molecule has 1 saturated carbocycles. The predicted molar refractivity (Wildman–Crippen MR) is 191 cm³/mol. The van der Waals surface area contributed by atoms with Crippen LogP contribution in [0.5, 0.6) is 0 Å². The second kappa shape index (κ2) is 19.3. The highest BCUT2D eigenvalue weighted by Gasteiger charge is 2.32. The van der Waals surface area contributed by atoms with Crippen LogP contribution in [-0.2, 0) is 27.2 Å². The molecule has 0 bridgehead atoms. The number of thioether (sulfide) groups is 1. The van der Waals surface area contributed by atoms with Crippen molar-refractivity contribution in [1.82, 2.24) is 30.9 Å². The van der Waals surface area contributed by atoms with E-state index >= 15 is 0 Å². The van der Waals surface area contributed by atoms with Gasteiger partial charge in [0.25, 0.3) is 0 Å². The van der Waals surface area contributed by atoms with Gasteiger partial charge in [-0.25, -0.2) is 14.8 Å². The van der Waals surface area contributed by atoms with Gasteiger partial charge in [-0.15, -0.1) is 11.8 Å². The van der Waals surface area contributed by atoms with E-state index in [4.69, 9.17) is 4.74 Å². The lowest BCUT2D eigenvalue weighted by atomic mass is 9.83. The summed E-state index contributed by atoms with van der Waals surface area (Å²) in [4.78, 5) is 52.2. The molecule has 2 unspecified atom stereocenters. The average Bonchev–Trinajstić information content (AvgIpc) is 3.59. The molecule has 0 aliphatic heterocycles. The molecular formula is C37H52N6O5S. The number of ether oxygens (including phenoxy) is 1. The number of amides is 3. The van der Waals surface area contributed by atoms with Crippen molar-refractivity contribution in [3.8, 4) is 0 Å². The molecule has 4 rings (SSSR count). The Morgan fingerprint density at radius 2 is 1.67 bits per heavy atom. The van der Waals surface area contributed by atoms with Crippen molar-refractivity contribution in [3.63, 3.8) is 0 Å². The minimum Gasteiger partial charge on any atom is -0.444 e. The zero-order valence-electron chi connectivity index (χ0n) is 28.9. The number of hydrogen-bond acceptors (Lipinski definition) is 8. The lowest BCUT2D eigenvalue weighted by molar-refractivity contribution is -0.131. The molecule has 0 radical (unpaired) electrons. The number of nitrogens with one attached hydrogen (secondary N) is 4. The van der Waals surface area contributed by atoms with E-state index in [-0.39, 0.29) is 12.8 Å². The van der Waals surface area contributed by atoms with Crippen molar-refractivity contribution >= 4 is 29.7 Å². The molecule has 49 heavy (non-hydrogen) atoms. The Labute approximate surface area is 294 Å². The molecule has 1 fully saturated rings. The van der Waals surface area contributed by atoms with E-state index in [1.807, 2.05) is 48.5 Å². The van der Waals surface area contributed by atoms with Gasteiger partial charge in [-0.05, 0) is 69.4 Å². The van der Waals surface area contributed by atoms with E-state index in [9.17, 15) is 19.5 Å². The third kappa shape index (κ3) is 13.9. The Bertz CT molecular complexity index is 1410. The van der Waals surface area contributed by atoms with Gasteiger partial charge in [0.1, 0.15) is 17.7 Å². The SMILES string of the molecule is CC(C)(C)OC(=O)N[C@@H](Cc1ccccc1)C(=O)N[C@@H](Cc1cnc[nH]1)C(=O)NC(CC1CCCCC1)C(O)CCCSc1ccccn1. The topological polar surface area (TPSA) is 158 Å². The summed E-state index contributed by atoms with van der Waals surface area (Å²) < 4.78 is 5.45. The van der Waals surface area contributed by atoms with Gasteiger partial charge < -0.3 is 30.8 Å². The van der Waals surface area contributed by atoms with Gasteiger partial charge in [-0.2, -0.15) is 0 Å². The number of carbonyl (C=O) groups excluding carboxylic acids is 3. The fourth-order valence-corrected chi connectivity index (χ4v) is 6.92. The smallest absolute Gasteiger partial charge is 0.408 e. The van der Waals surface area contributed by atoms with Gasteiger partial charge in [-0.1, -0.05) is 68.5 Å². The highest BCUT2D eigenvalue weighted by molar-refractivity contribution is 7.99. The number of rotatable bonds is 17. The Balaban J connectivity index is 1.48. The van der Waals surface area contributed by atoms with Crippen LogP contribution in [0.15, 0.2) is 72.3 Å². The molecule has 3 amide bonds.